The first kappa shape index (κ1) is 14.3. The van der Waals surface area contributed by atoms with Crippen LogP contribution in [0.1, 0.15) is 67.8 Å². The Morgan fingerprint density at radius 3 is 2.58 bits per heavy atom. The van der Waals surface area contributed by atoms with Crippen molar-refractivity contribution in [1.29, 1.82) is 0 Å². The lowest BCUT2D eigenvalue weighted by Gasteiger charge is -2.23. The van der Waals surface area contributed by atoms with E-state index in [0.717, 1.165) is 18.5 Å². The Labute approximate surface area is 116 Å². The number of benzene rings is 1. The Balaban J connectivity index is 1.85. The van der Waals surface area contributed by atoms with Gasteiger partial charge in [0.05, 0.1) is 0 Å². The number of Topliss-reactive ketones (excluding diaryl/α,β-unsaturated/α-hetero) is 1. The number of rotatable bonds is 5. The Bertz CT molecular complexity index is 402. The number of carbonyl (C=O) groups is 1. The second kappa shape index (κ2) is 6.85. The van der Waals surface area contributed by atoms with Crippen molar-refractivity contribution in [2.75, 3.05) is 6.54 Å². The molecule has 1 N–H and O–H groups in total. The summed E-state index contributed by atoms with van der Waals surface area (Å²) in [5.41, 5.74) is 2.16. The Hall–Kier alpha value is -1.15. The first-order valence-electron chi connectivity index (χ1n) is 7.53. The molecule has 2 heteroatoms. The van der Waals surface area contributed by atoms with Crippen molar-refractivity contribution in [3.05, 3.63) is 35.4 Å². The van der Waals surface area contributed by atoms with Gasteiger partial charge < -0.3 is 5.32 Å². The van der Waals surface area contributed by atoms with Crippen LogP contribution < -0.4 is 5.32 Å². The first-order valence-corrected chi connectivity index (χ1v) is 7.53. The summed E-state index contributed by atoms with van der Waals surface area (Å²) in [6.45, 7) is 5.46. The van der Waals surface area contributed by atoms with Gasteiger partial charge in [-0.05, 0) is 37.3 Å². The van der Waals surface area contributed by atoms with Crippen LogP contribution in [0.3, 0.4) is 0 Å². The predicted octanol–water partition coefficient (Wildman–Crippen LogP) is 3.92. The van der Waals surface area contributed by atoms with Gasteiger partial charge in [-0.1, -0.05) is 44.5 Å². The van der Waals surface area contributed by atoms with E-state index in [-0.39, 0.29) is 5.78 Å². The van der Waals surface area contributed by atoms with Gasteiger partial charge in [0.25, 0.3) is 0 Å². The number of hydrogen-bond donors (Lipinski definition) is 1. The smallest absolute Gasteiger partial charge is 0.162 e. The van der Waals surface area contributed by atoms with Gasteiger partial charge in [-0.15, -0.1) is 0 Å². The highest BCUT2D eigenvalue weighted by Gasteiger charge is 2.14. The molecule has 1 aliphatic rings. The van der Waals surface area contributed by atoms with Gasteiger partial charge in [0, 0.05) is 18.0 Å². The van der Waals surface area contributed by atoms with Crippen molar-refractivity contribution in [3.63, 3.8) is 0 Å². The van der Waals surface area contributed by atoms with Crippen LogP contribution in [0, 0.1) is 0 Å². The van der Waals surface area contributed by atoms with Crippen LogP contribution in [0.4, 0.5) is 0 Å². The van der Waals surface area contributed by atoms with Gasteiger partial charge in [-0.25, -0.2) is 0 Å². The molecule has 1 saturated heterocycles. The lowest BCUT2D eigenvalue weighted by molar-refractivity contribution is 0.0974. The lowest BCUT2D eigenvalue weighted by atomic mass is 9.96. The van der Waals surface area contributed by atoms with E-state index in [2.05, 4.69) is 31.3 Å². The van der Waals surface area contributed by atoms with E-state index in [9.17, 15) is 4.79 Å². The van der Waals surface area contributed by atoms with Gasteiger partial charge in [0.2, 0.25) is 0 Å². The summed E-state index contributed by atoms with van der Waals surface area (Å²) >= 11 is 0. The zero-order valence-corrected chi connectivity index (χ0v) is 12.1. The molecule has 0 aromatic heterocycles. The van der Waals surface area contributed by atoms with Crippen LogP contribution in [0.5, 0.6) is 0 Å². The molecule has 0 spiro atoms. The fourth-order valence-corrected chi connectivity index (χ4v) is 2.67. The maximum atomic E-state index is 12.1. The number of piperidine rings is 1. The van der Waals surface area contributed by atoms with Crippen LogP contribution in [-0.2, 0) is 0 Å². The summed E-state index contributed by atoms with van der Waals surface area (Å²) in [7, 11) is 0. The van der Waals surface area contributed by atoms with E-state index in [4.69, 9.17) is 0 Å². The van der Waals surface area contributed by atoms with Gasteiger partial charge in [-0.3, -0.25) is 4.79 Å². The molecule has 1 atom stereocenters. The van der Waals surface area contributed by atoms with Crippen LogP contribution in [0.2, 0.25) is 0 Å². The van der Waals surface area contributed by atoms with Gasteiger partial charge in [0.15, 0.2) is 5.78 Å². The highest BCUT2D eigenvalue weighted by molar-refractivity contribution is 5.96. The topological polar surface area (TPSA) is 29.1 Å². The molecule has 0 radical (unpaired) electrons. The van der Waals surface area contributed by atoms with Crippen LogP contribution in [0.25, 0.3) is 0 Å². The number of hydrogen-bond acceptors (Lipinski definition) is 2. The van der Waals surface area contributed by atoms with Crippen LogP contribution in [0.15, 0.2) is 24.3 Å². The monoisotopic (exact) mass is 259 g/mol. The van der Waals surface area contributed by atoms with E-state index in [1.807, 2.05) is 12.1 Å². The highest BCUT2D eigenvalue weighted by atomic mass is 16.1. The standard InChI is InChI=1S/C17H25NO/c1-13(2)14-6-8-15(9-7-14)17(19)11-10-16-5-3-4-12-18-16/h6-9,13,16,18H,3-5,10-12H2,1-2H3. The molecule has 1 aromatic rings. The molecule has 0 saturated carbocycles. The van der Waals surface area contributed by atoms with E-state index in [0.29, 0.717) is 18.4 Å². The number of carbonyl (C=O) groups excluding carboxylic acids is 1. The molecule has 0 bridgehead atoms. The summed E-state index contributed by atoms with van der Waals surface area (Å²) in [6.07, 6.45) is 5.44. The third-order valence-electron chi connectivity index (χ3n) is 4.03. The summed E-state index contributed by atoms with van der Waals surface area (Å²) < 4.78 is 0. The van der Waals surface area contributed by atoms with Crippen molar-refractivity contribution < 1.29 is 4.79 Å². The summed E-state index contributed by atoms with van der Waals surface area (Å²) in [6, 6.07) is 8.67. The third-order valence-corrected chi connectivity index (χ3v) is 4.03. The van der Waals surface area contributed by atoms with E-state index < -0.39 is 0 Å². The van der Waals surface area contributed by atoms with E-state index >= 15 is 0 Å². The zero-order valence-electron chi connectivity index (χ0n) is 12.1. The van der Waals surface area contributed by atoms with Gasteiger partial charge in [0.1, 0.15) is 0 Å². The molecule has 104 valence electrons. The SMILES string of the molecule is CC(C)c1ccc(C(=O)CCC2CCCCN2)cc1. The van der Waals surface area contributed by atoms with Crippen LogP contribution in [-0.4, -0.2) is 18.4 Å². The minimum Gasteiger partial charge on any atom is -0.314 e. The molecule has 2 rings (SSSR count). The Morgan fingerprint density at radius 2 is 2.00 bits per heavy atom. The second-order valence-corrected chi connectivity index (χ2v) is 5.89. The average Bonchev–Trinajstić information content (AvgIpc) is 2.46. The van der Waals surface area contributed by atoms with Crippen molar-refractivity contribution in [1.82, 2.24) is 5.32 Å². The normalized spacial score (nSPS) is 19.6. The quantitative estimate of drug-likeness (QED) is 0.812. The van der Waals surface area contributed by atoms with E-state index in [1.165, 1.54) is 24.8 Å². The van der Waals surface area contributed by atoms with Crippen molar-refractivity contribution >= 4 is 5.78 Å². The summed E-state index contributed by atoms with van der Waals surface area (Å²) in [5.74, 6) is 0.804. The fraction of sp³-hybridized carbons (Fsp3) is 0.588. The average molecular weight is 259 g/mol. The maximum Gasteiger partial charge on any atom is 0.162 e. The molecule has 19 heavy (non-hydrogen) atoms. The minimum atomic E-state index is 0.280. The van der Waals surface area contributed by atoms with E-state index in [1.54, 1.807) is 0 Å². The molecule has 1 aromatic carbocycles. The highest BCUT2D eigenvalue weighted by Crippen LogP contribution is 2.17. The second-order valence-electron chi connectivity index (χ2n) is 5.89. The molecular formula is C17H25NO. The minimum absolute atomic E-state index is 0.280. The fourth-order valence-electron chi connectivity index (χ4n) is 2.67. The van der Waals surface area contributed by atoms with Crippen LogP contribution >= 0.6 is 0 Å². The van der Waals surface area contributed by atoms with Gasteiger partial charge >= 0.3 is 0 Å². The number of ketones is 1. The first-order chi connectivity index (χ1) is 9.16. The Morgan fingerprint density at radius 1 is 1.26 bits per heavy atom. The lowest BCUT2D eigenvalue weighted by Crippen LogP contribution is -2.34. The molecule has 0 aliphatic carbocycles. The largest absolute Gasteiger partial charge is 0.314 e. The molecule has 1 fully saturated rings. The predicted molar refractivity (Wildman–Crippen MR) is 79.7 cm³/mol. The maximum absolute atomic E-state index is 12.1. The summed E-state index contributed by atoms with van der Waals surface area (Å²) in [5, 5.41) is 3.50. The van der Waals surface area contributed by atoms with Gasteiger partial charge in [-0.2, -0.15) is 0 Å². The molecule has 1 heterocycles. The van der Waals surface area contributed by atoms with Crippen molar-refractivity contribution in [2.24, 2.45) is 0 Å². The molecule has 2 nitrogen and oxygen atoms in total. The summed E-state index contributed by atoms with van der Waals surface area (Å²) in [4.78, 5) is 12.1. The molecule has 1 unspecified atom stereocenters. The zero-order chi connectivity index (χ0) is 13.7. The molecule has 0 amide bonds. The van der Waals surface area contributed by atoms with Crippen molar-refractivity contribution in [3.8, 4) is 0 Å². The molecule has 1 aliphatic heterocycles. The van der Waals surface area contributed by atoms with Crippen molar-refractivity contribution in [2.45, 2.75) is 57.9 Å². The Kier molecular flexibility index (Phi) is 5.15. The third kappa shape index (κ3) is 4.17. The number of nitrogens with one attached hydrogen (secondary N) is 1. The molecular weight excluding hydrogens is 234 g/mol.